The third-order valence-electron chi connectivity index (χ3n) is 6.61. The van der Waals surface area contributed by atoms with Gasteiger partial charge in [0, 0.05) is 29.9 Å². The van der Waals surface area contributed by atoms with E-state index in [9.17, 15) is 9.59 Å². The Labute approximate surface area is 184 Å². The number of piperazine rings is 1. The fraction of sp³-hybridized carbons (Fsp3) is 0.440. The molecule has 164 valence electrons. The summed E-state index contributed by atoms with van der Waals surface area (Å²) < 4.78 is 0. The maximum absolute atomic E-state index is 12.4. The molecule has 0 bridgehead atoms. The molecule has 2 aliphatic heterocycles. The van der Waals surface area contributed by atoms with Gasteiger partial charge in [0.05, 0.1) is 13.0 Å². The van der Waals surface area contributed by atoms with Crippen LogP contribution in [0.15, 0.2) is 48.5 Å². The third kappa shape index (κ3) is 5.71. The van der Waals surface area contributed by atoms with Gasteiger partial charge >= 0.3 is 0 Å². The molecule has 0 aliphatic carbocycles. The number of carbonyl (C=O) groups is 2. The zero-order valence-electron chi connectivity index (χ0n) is 18.5. The van der Waals surface area contributed by atoms with Crippen LogP contribution in [0.3, 0.4) is 0 Å². The van der Waals surface area contributed by atoms with E-state index >= 15 is 0 Å². The molecule has 2 amide bonds. The monoisotopic (exact) mass is 422 g/mol. The number of anilines is 2. The molecule has 0 atom stereocenters. The van der Waals surface area contributed by atoms with Crippen molar-refractivity contribution in [3.8, 4) is 0 Å². The minimum Gasteiger partial charge on any atom is -0.326 e. The molecule has 31 heavy (non-hydrogen) atoms. The quantitative estimate of drug-likeness (QED) is 0.606. The lowest BCUT2D eigenvalue weighted by molar-refractivity contribution is -1.02. The van der Waals surface area contributed by atoms with E-state index in [1.54, 1.807) is 4.90 Å². The first kappa shape index (κ1) is 21.5. The molecule has 2 aliphatic rings. The van der Waals surface area contributed by atoms with Gasteiger partial charge in [-0.05, 0) is 43.2 Å². The summed E-state index contributed by atoms with van der Waals surface area (Å²) in [5, 5.41) is 3.00. The molecule has 2 aromatic rings. The summed E-state index contributed by atoms with van der Waals surface area (Å²) in [5.41, 5.74) is 4.53. The highest BCUT2D eigenvalue weighted by Crippen LogP contribution is 2.23. The minimum atomic E-state index is 0.0622. The van der Waals surface area contributed by atoms with Gasteiger partial charge < -0.3 is 20.0 Å². The highest BCUT2D eigenvalue weighted by atomic mass is 16.2. The van der Waals surface area contributed by atoms with Crippen LogP contribution in [0.2, 0.25) is 0 Å². The fourth-order valence-electron chi connectivity index (χ4n) is 4.62. The van der Waals surface area contributed by atoms with E-state index < -0.39 is 0 Å². The Bertz CT molecular complexity index is 904. The maximum Gasteiger partial charge on any atom is 0.230 e. The van der Waals surface area contributed by atoms with Crippen molar-refractivity contribution in [2.75, 3.05) is 49.5 Å². The van der Waals surface area contributed by atoms with Crippen LogP contribution in [-0.4, -0.2) is 51.1 Å². The van der Waals surface area contributed by atoms with Crippen molar-refractivity contribution in [3.63, 3.8) is 0 Å². The standard InChI is InChI=1S/C25H32N4O2/c1-20-5-2-3-6-21(20)19-28-17-15-27(16-18-28)14-12-24(30)26-22-8-10-23(11-9-22)29-13-4-7-25(29)31/h2-3,5-6,8-11H,4,7,12-19H2,1H3,(H,26,30)/p+2. The Morgan fingerprint density at radius 2 is 1.71 bits per heavy atom. The molecule has 2 fully saturated rings. The first-order valence-corrected chi connectivity index (χ1v) is 11.5. The normalized spacial score (nSPS) is 21.3. The van der Waals surface area contributed by atoms with E-state index in [4.69, 9.17) is 0 Å². The second-order valence-electron chi connectivity index (χ2n) is 8.85. The third-order valence-corrected chi connectivity index (χ3v) is 6.61. The molecule has 2 aromatic carbocycles. The van der Waals surface area contributed by atoms with Gasteiger partial charge in [0.1, 0.15) is 32.7 Å². The molecule has 0 spiro atoms. The van der Waals surface area contributed by atoms with E-state index in [0.29, 0.717) is 12.8 Å². The Balaban J connectivity index is 1.18. The lowest BCUT2D eigenvalue weighted by Gasteiger charge is -2.30. The van der Waals surface area contributed by atoms with Gasteiger partial charge in [-0.3, -0.25) is 9.59 Å². The van der Waals surface area contributed by atoms with Crippen LogP contribution >= 0.6 is 0 Å². The number of hydrogen-bond donors (Lipinski definition) is 3. The first-order valence-electron chi connectivity index (χ1n) is 11.5. The summed E-state index contributed by atoms with van der Waals surface area (Å²) >= 11 is 0. The van der Waals surface area contributed by atoms with Gasteiger partial charge in [0.25, 0.3) is 0 Å². The van der Waals surface area contributed by atoms with Crippen LogP contribution in [-0.2, 0) is 16.1 Å². The molecule has 6 nitrogen and oxygen atoms in total. The molecule has 0 saturated carbocycles. The molecule has 0 aromatic heterocycles. The average Bonchev–Trinajstić information content (AvgIpc) is 3.21. The van der Waals surface area contributed by atoms with E-state index in [1.807, 2.05) is 29.2 Å². The summed E-state index contributed by atoms with van der Waals surface area (Å²) in [4.78, 5) is 29.2. The zero-order chi connectivity index (χ0) is 21.6. The SMILES string of the molecule is Cc1ccccc1C[NH+]1CC[NH+](CCC(=O)Nc2ccc(N3CCCC3=O)cc2)CC1. The minimum absolute atomic E-state index is 0.0622. The smallest absolute Gasteiger partial charge is 0.230 e. The van der Waals surface area contributed by atoms with Gasteiger partial charge in [-0.15, -0.1) is 0 Å². The number of nitrogens with one attached hydrogen (secondary N) is 3. The van der Waals surface area contributed by atoms with Crippen molar-refractivity contribution in [1.29, 1.82) is 0 Å². The number of aryl methyl sites for hydroxylation is 1. The number of hydrogen-bond acceptors (Lipinski definition) is 2. The molecule has 2 saturated heterocycles. The summed E-state index contributed by atoms with van der Waals surface area (Å²) in [6.07, 6.45) is 2.08. The second kappa shape index (κ2) is 10.1. The van der Waals surface area contributed by atoms with Crippen LogP contribution in [0, 0.1) is 6.92 Å². The molecule has 0 radical (unpaired) electrons. The Kier molecular flexibility index (Phi) is 6.99. The molecule has 2 heterocycles. The van der Waals surface area contributed by atoms with Crippen molar-refractivity contribution >= 4 is 23.2 Å². The highest BCUT2D eigenvalue weighted by molar-refractivity contribution is 5.96. The van der Waals surface area contributed by atoms with Gasteiger partial charge in [0.15, 0.2) is 0 Å². The van der Waals surface area contributed by atoms with Crippen LogP contribution < -0.4 is 20.0 Å². The topological polar surface area (TPSA) is 58.3 Å². The number of rotatable bonds is 7. The molecule has 3 N–H and O–H groups in total. The molecule has 0 unspecified atom stereocenters. The predicted molar refractivity (Wildman–Crippen MR) is 122 cm³/mol. The maximum atomic E-state index is 12.4. The largest absolute Gasteiger partial charge is 0.326 e. The molecular weight excluding hydrogens is 388 g/mol. The van der Waals surface area contributed by atoms with Crippen LogP contribution in [0.4, 0.5) is 11.4 Å². The Morgan fingerprint density at radius 1 is 1.00 bits per heavy atom. The summed E-state index contributed by atoms with van der Waals surface area (Å²) in [7, 11) is 0. The number of amides is 2. The fourth-order valence-corrected chi connectivity index (χ4v) is 4.62. The van der Waals surface area contributed by atoms with Gasteiger partial charge in [-0.25, -0.2) is 0 Å². The molecule has 4 rings (SSSR count). The molecule has 6 heteroatoms. The van der Waals surface area contributed by atoms with Crippen molar-refractivity contribution in [1.82, 2.24) is 0 Å². The zero-order valence-corrected chi connectivity index (χ0v) is 18.5. The van der Waals surface area contributed by atoms with E-state index in [2.05, 4.69) is 36.5 Å². The number of carbonyl (C=O) groups excluding carboxylic acids is 2. The first-order chi connectivity index (χ1) is 15.1. The predicted octanol–water partition coefficient (Wildman–Crippen LogP) is 0.434. The van der Waals surface area contributed by atoms with Gasteiger partial charge in [-0.1, -0.05) is 24.3 Å². The lowest BCUT2D eigenvalue weighted by Crippen LogP contribution is -3.27. The van der Waals surface area contributed by atoms with Crippen LogP contribution in [0.25, 0.3) is 0 Å². The Morgan fingerprint density at radius 3 is 2.39 bits per heavy atom. The van der Waals surface area contributed by atoms with Crippen LogP contribution in [0.1, 0.15) is 30.4 Å². The Hall–Kier alpha value is -2.70. The highest BCUT2D eigenvalue weighted by Gasteiger charge is 2.24. The summed E-state index contributed by atoms with van der Waals surface area (Å²) in [6, 6.07) is 16.3. The summed E-state index contributed by atoms with van der Waals surface area (Å²) in [6.45, 7) is 9.49. The van der Waals surface area contributed by atoms with E-state index in [-0.39, 0.29) is 11.8 Å². The van der Waals surface area contributed by atoms with Gasteiger partial charge in [0.2, 0.25) is 11.8 Å². The van der Waals surface area contributed by atoms with Crippen molar-refractivity contribution in [2.24, 2.45) is 0 Å². The number of benzene rings is 2. The van der Waals surface area contributed by atoms with Crippen LogP contribution in [0.5, 0.6) is 0 Å². The number of quaternary nitrogens is 2. The van der Waals surface area contributed by atoms with E-state index in [1.165, 1.54) is 16.0 Å². The second-order valence-corrected chi connectivity index (χ2v) is 8.85. The lowest BCUT2D eigenvalue weighted by atomic mass is 10.1. The van der Waals surface area contributed by atoms with Crippen molar-refractivity contribution in [2.45, 2.75) is 32.7 Å². The molecular formula is C25H34N4O2+2. The average molecular weight is 423 g/mol. The number of nitrogens with zero attached hydrogens (tertiary/aromatic N) is 1. The van der Waals surface area contributed by atoms with Crippen molar-refractivity contribution in [3.05, 3.63) is 59.7 Å². The van der Waals surface area contributed by atoms with Crippen molar-refractivity contribution < 1.29 is 19.4 Å². The summed E-state index contributed by atoms with van der Waals surface area (Å²) in [5.74, 6) is 0.243. The van der Waals surface area contributed by atoms with Gasteiger partial charge in [-0.2, -0.15) is 0 Å². The van der Waals surface area contributed by atoms with E-state index in [0.717, 1.165) is 63.6 Å².